The molecule has 0 amide bonds. The highest BCUT2D eigenvalue weighted by Crippen LogP contribution is 2.70. The zero-order valence-electron chi connectivity index (χ0n) is 20.6. The minimum Gasteiger partial charge on any atom is -0.300 e. The highest BCUT2D eigenvalue weighted by Gasteiger charge is 2.66. The van der Waals surface area contributed by atoms with Gasteiger partial charge in [-0.05, 0) is 77.9 Å². The molecule has 0 spiro atoms. The summed E-state index contributed by atoms with van der Waals surface area (Å²) in [5.41, 5.74) is 0.418. The van der Waals surface area contributed by atoms with E-state index in [0.717, 1.165) is 30.6 Å². The van der Waals surface area contributed by atoms with Crippen LogP contribution in [0.3, 0.4) is 0 Å². The van der Waals surface area contributed by atoms with E-state index in [9.17, 15) is 9.59 Å². The fourth-order valence-corrected chi connectivity index (χ4v) is 9.15. The van der Waals surface area contributed by atoms with Crippen molar-refractivity contribution in [2.75, 3.05) is 0 Å². The summed E-state index contributed by atoms with van der Waals surface area (Å²) in [5.74, 6) is 4.63. The zero-order valence-corrected chi connectivity index (χ0v) is 20.6. The molecule has 0 aromatic carbocycles. The van der Waals surface area contributed by atoms with E-state index >= 15 is 0 Å². The maximum Gasteiger partial charge on any atom is 0.137 e. The molecule has 0 bridgehead atoms. The molecule has 0 saturated heterocycles. The van der Waals surface area contributed by atoms with Crippen molar-refractivity contribution in [3.8, 4) is 0 Å². The smallest absolute Gasteiger partial charge is 0.137 e. The third kappa shape index (κ3) is 3.34. The summed E-state index contributed by atoms with van der Waals surface area (Å²) in [6.45, 7) is 14.4. The van der Waals surface area contributed by atoms with Gasteiger partial charge in [-0.25, -0.2) is 0 Å². The average Bonchev–Trinajstić information content (AvgIpc) is 3.00. The van der Waals surface area contributed by atoms with Gasteiger partial charge in [0.05, 0.1) is 0 Å². The standard InChI is InChI=1S/C28H46O2/c1-18(2)8-7-9-19(3)21-10-11-22-25-23(13-14-27(21,22)5)28(6)15-12-20(29)16-26(28,4)17-24(25)30/h18-19,21-23,25H,7-17H2,1-6H3/t19-,21-,22?,23?,25?,26-,27-,28-/m1/s1. The third-order valence-corrected chi connectivity index (χ3v) is 11.1. The molecule has 0 aromatic rings. The molecule has 0 aromatic heterocycles. The van der Waals surface area contributed by atoms with Gasteiger partial charge in [-0.1, -0.05) is 60.8 Å². The number of ketones is 2. The molecule has 4 fully saturated rings. The Balaban J connectivity index is 1.55. The summed E-state index contributed by atoms with van der Waals surface area (Å²) in [4.78, 5) is 25.9. The van der Waals surface area contributed by atoms with Crippen LogP contribution in [0.5, 0.6) is 0 Å². The fraction of sp³-hybridized carbons (Fsp3) is 0.929. The minimum absolute atomic E-state index is 0.101. The molecule has 2 nitrogen and oxygen atoms in total. The molecule has 4 saturated carbocycles. The molecule has 8 atom stereocenters. The lowest BCUT2D eigenvalue weighted by Gasteiger charge is -2.63. The first-order valence-electron chi connectivity index (χ1n) is 13.1. The van der Waals surface area contributed by atoms with E-state index < -0.39 is 0 Å². The molecule has 2 heteroatoms. The Bertz CT molecular complexity index is 695. The van der Waals surface area contributed by atoms with Gasteiger partial charge in [-0.3, -0.25) is 9.59 Å². The number of carbonyl (C=O) groups is 2. The minimum atomic E-state index is -0.101. The summed E-state index contributed by atoms with van der Waals surface area (Å²) >= 11 is 0. The lowest BCUT2D eigenvalue weighted by molar-refractivity contribution is -0.175. The molecule has 0 radical (unpaired) electrons. The van der Waals surface area contributed by atoms with Crippen molar-refractivity contribution in [2.45, 2.75) is 112 Å². The number of hydrogen-bond donors (Lipinski definition) is 0. The van der Waals surface area contributed by atoms with Gasteiger partial charge in [0, 0.05) is 25.2 Å². The first-order valence-corrected chi connectivity index (χ1v) is 13.1. The van der Waals surface area contributed by atoms with E-state index in [1.807, 2.05) is 0 Å². The normalized spacial score (nSPS) is 47.0. The quantitative estimate of drug-likeness (QED) is 0.475. The summed E-state index contributed by atoms with van der Waals surface area (Å²) in [6, 6.07) is 0. The van der Waals surface area contributed by atoms with E-state index in [2.05, 4.69) is 41.5 Å². The van der Waals surface area contributed by atoms with Gasteiger partial charge in [0.25, 0.3) is 0 Å². The van der Waals surface area contributed by atoms with E-state index in [-0.39, 0.29) is 16.7 Å². The summed E-state index contributed by atoms with van der Waals surface area (Å²) in [6.07, 6.45) is 12.2. The van der Waals surface area contributed by atoms with Crippen molar-refractivity contribution in [3.63, 3.8) is 0 Å². The lowest BCUT2D eigenvalue weighted by atomic mass is 9.40. The highest BCUT2D eigenvalue weighted by molar-refractivity contribution is 5.87. The summed E-state index contributed by atoms with van der Waals surface area (Å²) in [5, 5.41) is 0. The summed E-state index contributed by atoms with van der Waals surface area (Å²) in [7, 11) is 0. The predicted molar refractivity (Wildman–Crippen MR) is 123 cm³/mol. The molecule has 30 heavy (non-hydrogen) atoms. The van der Waals surface area contributed by atoms with Gasteiger partial charge >= 0.3 is 0 Å². The van der Waals surface area contributed by atoms with Crippen LogP contribution in [0, 0.1) is 51.8 Å². The van der Waals surface area contributed by atoms with Crippen LogP contribution in [0.15, 0.2) is 0 Å². The zero-order chi connectivity index (χ0) is 21.9. The first kappa shape index (κ1) is 22.5. The maximum absolute atomic E-state index is 13.6. The monoisotopic (exact) mass is 414 g/mol. The maximum atomic E-state index is 13.6. The Morgan fingerprint density at radius 1 is 0.900 bits per heavy atom. The van der Waals surface area contributed by atoms with Crippen molar-refractivity contribution in [1.82, 2.24) is 0 Å². The summed E-state index contributed by atoms with van der Waals surface area (Å²) < 4.78 is 0. The van der Waals surface area contributed by atoms with Crippen LogP contribution in [0.4, 0.5) is 0 Å². The lowest BCUT2D eigenvalue weighted by Crippen LogP contribution is -2.61. The molecule has 170 valence electrons. The molecular formula is C28H46O2. The van der Waals surface area contributed by atoms with Crippen LogP contribution in [-0.2, 0) is 9.59 Å². The van der Waals surface area contributed by atoms with Crippen molar-refractivity contribution in [2.24, 2.45) is 51.8 Å². The Hall–Kier alpha value is -0.660. The van der Waals surface area contributed by atoms with Gasteiger partial charge in [0.2, 0.25) is 0 Å². The molecule has 4 aliphatic rings. The molecular weight excluding hydrogens is 368 g/mol. The van der Waals surface area contributed by atoms with Crippen LogP contribution in [-0.4, -0.2) is 11.6 Å². The molecule has 0 N–H and O–H groups in total. The van der Waals surface area contributed by atoms with Crippen LogP contribution in [0.1, 0.15) is 112 Å². The van der Waals surface area contributed by atoms with Gasteiger partial charge < -0.3 is 0 Å². The van der Waals surface area contributed by atoms with Crippen molar-refractivity contribution in [1.29, 1.82) is 0 Å². The van der Waals surface area contributed by atoms with Crippen LogP contribution in [0.2, 0.25) is 0 Å². The van der Waals surface area contributed by atoms with Gasteiger partial charge in [-0.2, -0.15) is 0 Å². The molecule has 0 aliphatic heterocycles. The van der Waals surface area contributed by atoms with E-state index in [1.54, 1.807) is 0 Å². The number of hydrogen-bond acceptors (Lipinski definition) is 2. The third-order valence-electron chi connectivity index (χ3n) is 11.1. The van der Waals surface area contributed by atoms with Crippen molar-refractivity contribution >= 4 is 11.6 Å². The van der Waals surface area contributed by atoms with Crippen LogP contribution < -0.4 is 0 Å². The number of carbonyl (C=O) groups excluding carboxylic acids is 2. The SMILES string of the molecule is CC(C)CCC[C@@H](C)[C@H]1CCC2C3C(=O)C[C@@]4(C)CC(=O)CC[C@]4(C)C3CC[C@@]21C. The van der Waals surface area contributed by atoms with Crippen LogP contribution >= 0.6 is 0 Å². The molecule has 3 unspecified atom stereocenters. The van der Waals surface area contributed by atoms with Gasteiger partial charge in [0.1, 0.15) is 11.6 Å². The van der Waals surface area contributed by atoms with Gasteiger partial charge in [0.15, 0.2) is 0 Å². The number of rotatable bonds is 5. The topological polar surface area (TPSA) is 34.1 Å². The number of fused-ring (bicyclic) bond motifs is 5. The Morgan fingerprint density at radius 3 is 2.33 bits per heavy atom. The van der Waals surface area contributed by atoms with E-state index in [0.29, 0.717) is 41.7 Å². The fourth-order valence-electron chi connectivity index (χ4n) is 9.15. The second-order valence-electron chi connectivity index (χ2n) is 13.1. The highest BCUT2D eigenvalue weighted by atomic mass is 16.1. The first-order chi connectivity index (χ1) is 14.0. The van der Waals surface area contributed by atoms with Gasteiger partial charge in [-0.15, -0.1) is 0 Å². The molecule has 4 rings (SSSR count). The number of Topliss-reactive ketones (excluding diaryl/α,β-unsaturated/α-hetero) is 2. The predicted octanol–water partition coefficient (Wildman–Crippen LogP) is 7.25. The Kier molecular flexibility index (Phi) is 5.81. The van der Waals surface area contributed by atoms with Crippen LogP contribution in [0.25, 0.3) is 0 Å². The van der Waals surface area contributed by atoms with E-state index in [1.165, 1.54) is 44.9 Å². The second-order valence-corrected chi connectivity index (χ2v) is 13.1. The van der Waals surface area contributed by atoms with E-state index in [4.69, 9.17) is 0 Å². The Labute approximate surface area is 185 Å². The molecule has 0 heterocycles. The molecule has 4 aliphatic carbocycles. The average molecular weight is 415 g/mol. The largest absolute Gasteiger partial charge is 0.300 e. The van der Waals surface area contributed by atoms with Crippen molar-refractivity contribution < 1.29 is 9.59 Å². The Morgan fingerprint density at radius 2 is 1.63 bits per heavy atom. The van der Waals surface area contributed by atoms with Crippen molar-refractivity contribution in [3.05, 3.63) is 0 Å². The second kappa shape index (κ2) is 7.73.